The van der Waals surface area contributed by atoms with Crippen LogP contribution in [0.5, 0.6) is 0 Å². The third kappa shape index (κ3) is 3.71. The first-order valence-electron chi connectivity index (χ1n) is 7.73. The fourth-order valence-corrected chi connectivity index (χ4v) is 4.04. The van der Waals surface area contributed by atoms with Crippen molar-refractivity contribution in [2.45, 2.75) is 19.8 Å². The van der Waals surface area contributed by atoms with Gasteiger partial charge in [0.2, 0.25) is 15.9 Å². The third-order valence-corrected chi connectivity index (χ3v) is 5.46. The molecule has 0 aliphatic carbocycles. The van der Waals surface area contributed by atoms with Crippen molar-refractivity contribution in [1.29, 1.82) is 0 Å². The Morgan fingerprint density at radius 1 is 1.36 bits per heavy atom. The molecular weight excluding hydrogens is 346 g/mol. The van der Waals surface area contributed by atoms with Gasteiger partial charge in [-0.15, -0.1) is 0 Å². The molecule has 1 aliphatic rings. The van der Waals surface area contributed by atoms with Crippen LogP contribution < -0.4 is 9.62 Å². The average Bonchev–Trinajstić information content (AvgIpc) is 3.10. The lowest BCUT2D eigenvalue weighted by molar-refractivity contribution is -0.116. The molecule has 3 rings (SSSR count). The number of anilines is 1. The van der Waals surface area contributed by atoms with Crippen LogP contribution >= 0.6 is 0 Å². The van der Waals surface area contributed by atoms with Crippen LogP contribution in [0.15, 0.2) is 34.9 Å². The van der Waals surface area contributed by atoms with Gasteiger partial charge in [0.15, 0.2) is 0 Å². The molecule has 0 unspecified atom stereocenters. The van der Waals surface area contributed by atoms with Crippen molar-refractivity contribution < 1.29 is 22.5 Å². The zero-order valence-electron chi connectivity index (χ0n) is 13.6. The Morgan fingerprint density at radius 3 is 2.80 bits per heavy atom. The monoisotopic (exact) mass is 363 g/mol. The fourth-order valence-electron chi connectivity index (χ4n) is 2.58. The minimum Gasteiger partial charge on any atom is -0.361 e. The van der Waals surface area contributed by atoms with E-state index >= 15 is 0 Å². The van der Waals surface area contributed by atoms with Crippen LogP contribution in [0.3, 0.4) is 0 Å². The molecule has 1 aliphatic heterocycles. The van der Waals surface area contributed by atoms with E-state index in [0.717, 1.165) is 10.00 Å². The predicted octanol–water partition coefficient (Wildman–Crippen LogP) is 1.02. The van der Waals surface area contributed by atoms with E-state index in [4.69, 9.17) is 4.52 Å². The van der Waals surface area contributed by atoms with Crippen molar-refractivity contribution in [3.05, 3.63) is 47.3 Å². The van der Waals surface area contributed by atoms with E-state index < -0.39 is 15.9 Å². The standard InChI is InChI=1S/C16H17N3O5S/c1-11-9-13(18-24-11)5-7-17-16(21)12-3-2-4-14(10-12)19-15(20)6-8-25(19,22)23/h2-4,9-10H,5-8H2,1H3,(H,17,21). The van der Waals surface area contributed by atoms with Crippen LogP contribution in [0.4, 0.5) is 5.69 Å². The van der Waals surface area contributed by atoms with Gasteiger partial charge in [0.25, 0.3) is 5.91 Å². The Kier molecular flexibility index (Phi) is 4.58. The average molecular weight is 363 g/mol. The highest BCUT2D eigenvalue weighted by molar-refractivity contribution is 7.94. The highest BCUT2D eigenvalue weighted by Crippen LogP contribution is 2.25. The molecule has 0 saturated carbocycles. The summed E-state index contributed by atoms with van der Waals surface area (Å²) in [5, 5.41) is 6.57. The molecule has 25 heavy (non-hydrogen) atoms. The molecule has 2 heterocycles. The van der Waals surface area contributed by atoms with Gasteiger partial charge in [0, 0.05) is 31.0 Å². The maximum Gasteiger partial charge on any atom is 0.251 e. The predicted molar refractivity (Wildman–Crippen MR) is 89.6 cm³/mol. The number of benzene rings is 1. The van der Waals surface area contributed by atoms with Gasteiger partial charge in [-0.05, 0) is 25.1 Å². The maximum atomic E-state index is 12.2. The van der Waals surface area contributed by atoms with Crippen LogP contribution in [-0.4, -0.2) is 37.7 Å². The van der Waals surface area contributed by atoms with E-state index in [0.29, 0.717) is 18.7 Å². The van der Waals surface area contributed by atoms with Crippen molar-refractivity contribution in [2.24, 2.45) is 0 Å². The van der Waals surface area contributed by atoms with Gasteiger partial charge in [0.05, 0.1) is 17.1 Å². The van der Waals surface area contributed by atoms with Gasteiger partial charge in [-0.2, -0.15) is 0 Å². The molecule has 0 spiro atoms. The second-order valence-electron chi connectivity index (χ2n) is 5.71. The molecule has 1 N–H and O–H groups in total. The SMILES string of the molecule is Cc1cc(CCNC(=O)c2cccc(N3C(=O)CCS3(=O)=O)c2)no1. The van der Waals surface area contributed by atoms with Crippen LogP contribution in [0.25, 0.3) is 0 Å². The molecule has 0 bridgehead atoms. The number of amides is 2. The molecule has 8 nitrogen and oxygen atoms in total. The van der Waals surface area contributed by atoms with Gasteiger partial charge >= 0.3 is 0 Å². The van der Waals surface area contributed by atoms with Crippen LogP contribution in [-0.2, 0) is 21.2 Å². The third-order valence-electron chi connectivity index (χ3n) is 3.76. The molecule has 2 aromatic rings. The van der Waals surface area contributed by atoms with Crippen molar-refractivity contribution >= 4 is 27.5 Å². The number of hydrogen-bond acceptors (Lipinski definition) is 6. The summed E-state index contributed by atoms with van der Waals surface area (Å²) < 4.78 is 29.7. The summed E-state index contributed by atoms with van der Waals surface area (Å²) in [5.74, 6) is -0.352. The van der Waals surface area contributed by atoms with Crippen LogP contribution in [0, 0.1) is 6.92 Å². The lowest BCUT2D eigenvalue weighted by Gasteiger charge is -2.15. The zero-order valence-corrected chi connectivity index (χ0v) is 14.4. The fraction of sp³-hybridized carbons (Fsp3) is 0.312. The van der Waals surface area contributed by atoms with Crippen LogP contribution in [0.2, 0.25) is 0 Å². The van der Waals surface area contributed by atoms with Crippen LogP contribution in [0.1, 0.15) is 28.2 Å². The molecule has 1 saturated heterocycles. The Hall–Kier alpha value is -2.68. The molecule has 132 valence electrons. The summed E-state index contributed by atoms with van der Waals surface area (Å²) in [4.78, 5) is 24.1. The Morgan fingerprint density at radius 2 is 2.16 bits per heavy atom. The van der Waals surface area contributed by atoms with Gasteiger partial charge in [-0.3, -0.25) is 9.59 Å². The molecule has 9 heteroatoms. The minimum atomic E-state index is -3.65. The zero-order chi connectivity index (χ0) is 18.0. The second-order valence-corrected chi connectivity index (χ2v) is 7.65. The summed E-state index contributed by atoms with van der Waals surface area (Å²) in [5.41, 5.74) is 1.20. The van der Waals surface area contributed by atoms with Gasteiger partial charge in [-0.25, -0.2) is 12.7 Å². The lowest BCUT2D eigenvalue weighted by atomic mass is 10.2. The maximum absolute atomic E-state index is 12.2. The number of carbonyl (C=O) groups is 2. The number of rotatable bonds is 5. The van der Waals surface area contributed by atoms with Crippen molar-refractivity contribution in [3.63, 3.8) is 0 Å². The smallest absolute Gasteiger partial charge is 0.251 e. The number of nitrogens with one attached hydrogen (secondary N) is 1. The molecular formula is C16H17N3O5S. The minimum absolute atomic E-state index is 0.0458. The van der Waals surface area contributed by atoms with Crippen molar-refractivity contribution in [1.82, 2.24) is 10.5 Å². The summed E-state index contributed by atoms with van der Waals surface area (Å²) in [6.07, 6.45) is 0.470. The molecule has 0 radical (unpaired) electrons. The van der Waals surface area contributed by atoms with E-state index in [-0.39, 0.29) is 29.3 Å². The van der Waals surface area contributed by atoms with E-state index in [2.05, 4.69) is 10.5 Å². The Labute approximate surface area is 144 Å². The molecule has 1 aromatic carbocycles. The largest absolute Gasteiger partial charge is 0.361 e. The van der Waals surface area contributed by atoms with E-state index in [9.17, 15) is 18.0 Å². The van der Waals surface area contributed by atoms with E-state index in [1.54, 1.807) is 25.1 Å². The summed E-state index contributed by atoms with van der Waals surface area (Å²) in [7, 11) is -3.65. The highest BCUT2D eigenvalue weighted by Gasteiger charge is 2.36. The second kappa shape index (κ2) is 6.67. The molecule has 0 atom stereocenters. The topological polar surface area (TPSA) is 110 Å². The first-order valence-corrected chi connectivity index (χ1v) is 9.34. The Bertz CT molecular complexity index is 919. The number of hydrogen-bond donors (Lipinski definition) is 1. The summed E-state index contributed by atoms with van der Waals surface area (Å²) in [6, 6.07) is 7.79. The number of aromatic nitrogens is 1. The number of carbonyl (C=O) groups excluding carboxylic acids is 2. The van der Waals surface area contributed by atoms with Crippen molar-refractivity contribution in [2.75, 3.05) is 16.6 Å². The number of aryl methyl sites for hydroxylation is 1. The van der Waals surface area contributed by atoms with E-state index in [1.165, 1.54) is 12.1 Å². The molecule has 1 fully saturated rings. The number of nitrogens with zero attached hydrogens (tertiary/aromatic N) is 2. The Balaban J connectivity index is 1.68. The van der Waals surface area contributed by atoms with E-state index in [1.807, 2.05) is 0 Å². The van der Waals surface area contributed by atoms with Gasteiger partial charge in [0.1, 0.15) is 5.76 Å². The normalized spacial score (nSPS) is 16.2. The highest BCUT2D eigenvalue weighted by atomic mass is 32.2. The van der Waals surface area contributed by atoms with Crippen molar-refractivity contribution in [3.8, 4) is 0 Å². The number of sulfonamides is 1. The van der Waals surface area contributed by atoms with Gasteiger partial charge in [-0.1, -0.05) is 11.2 Å². The summed E-state index contributed by atoms with van der Waals surface area (Å²) >= 11 is 0. The quantitative estimate of drug-likeness (QED) is 0.849. The lowest BCUT2D eigenvalue weighted by Crippen LogP contribution is -2.30. The first-order chi connectivity index (χ1) is 11.9. The molecule has 2 amide bonds. The summed E-state index contributed by atoms with van der Waals surface area (Å²) in [6.45, 7) is 2.14. The first kappa shape index (κ1) is 17.2. The molecule has 1 aromatic heterocycles. The van der Waals surface area contributed by atoms with Gasteiger partial charge < -0.3 is 9.84 Å².